The Hall–Kier alpha value is -1.30. The molecule has 0 aliphatic carbocycles. The SMILES string of the molecule is CCC.CCC.Cc1cccc2ccccc12. The summed E-state index contributed by atoms with van der Waals surface area (Å²) in [6, 6.07) is 14.8. The van der Waals surface area contributed by atoms with Gasteiger partial charge in [-0.05, 0) is 23.3 Å². The number of rotatable bonds is 0. The summed E-state index contributed by atoms with van der Waals surface area (Å²) in [6.07, 6.45) is 2.50. The van der Waals surface area contributed by atoms with Gasteiger partial charge in [0.05, 0.1) is 0 Å². The summed E-state index contributed by atoms with van der Waals surface area (Å²) in [5, 5.41) is 2.68. The van der Waals surface area contributed by atoms with Gasteiger partial charge in [-0.1, -0.05) is 83.0 Å². The van der Waals surface area contributed by atoms with Gasteiger partial charge in [0.1, 0.15) is 0 Å². The maximum Gasteiger partial charge on any atom is -0.0155 e. The molecule has 2 rings (SSSR count). The van der Waals surface area contributed by atoms with Gasteiger partial charge in [-0.15, -0.1) is 0 Å². The van der Waals surface area contributed by atoms with E-state index in [4.69, 9.17) is 0 Å². The van der Waals surface area contributed by atoms with Crippen molar-refractivity contribution in [2.24, 2.45) is 0 Å². The van der Waals surface area contributed by atoms with Gasteiger partial charge < -0.3 is 0 Å². The molecule has 0 aromatic heterocycles. The molecule has 2 aromatic rings. The molecule has 0 saturated carbocycles. The number of hydrogen-bond acceptors (Lipinski definition) is 0. The van der Waals surface area contributed by atoms with Gasteiger partial charge in [0.2, 0.25) is 0 Å². The third-order valence-corrected chi connectivity index (χ3v) is 2.01. The zero-order valence-electron chi connectivity index (χ0n) is 12.0. The van der Waals surface area contributed by atoms with Crippen LogP contribution in [0.1, 0.15) is 46.1 Å². The fourth-order valence-corrected chi connectivity index (χ4v) is 1.39. The number of aryl methyl sites for hydroxylation is 1. The van der Waals surface area contributed by atoms with E-state index in [0.717, 1.165) is 0 Å². The highest BCUT2D eigenvalue weighted by Crippen LogP contribution is 2.16. The molecule has 2 aromatic carbocycles. The van der Waals surface area contributed by atoms with E-state index in [-0.39, 0.29) is 0 Å². The van der Waals surface area contributed by atoms with Crippen LogP contribution in [-0.4, -0.2) is 0 Å². The van der Waals surface area contributed by atoms with Crippen molar-refractivity contribution in [1.29, 1.82) is 0 Å². The minimum Gasteiger partial charge on any atom is -0.0656 e. The van der Waals surface area contributed by atoms with Crippen LogP contribution in [0.4, 0.5) is 0 Å². The van der Waals surface area contributed by atoms with Gasteiger partial charge in [-0.3, -0.25) is 0 Å². The van der Waals surface area contributed by atoms with Crippen LogP contribution in [0.25, 0.3) is 10.8 Å². The van der Waals surface area contributed by atoms with Crippen molar-refractivity contribution < 1.29 is 0 Å². The van der Waals surface area contributed by atoms with Crippen molar-refractivity contribution >= 4 is 10.8 Å². The summed E-state index contributed by atoms with van der Waals surface area (Å²) in [5.74, 6) is 0. The molecule has 17 heavy (non-hydrogen) atoms. The molecule has 0 bridgehead atoms. The molecule has 0 radical (unpaired) electrons. The van der Waals surface area contributed by atoms with Crippen LogP contribution in [0.5, 0.6) is 0 Å². The highest BCUT2D eigenvalue weighted by Gasteiger charge is 1.92. The topological polar surface area (TPSA) is 0 Å². The monoisotopic (exact) mass is 230 g/mol. The highest BCUT2D eigenvalue weighted by molar-refractivity contribution is 5.85. The first-order valence-corrected chi connectivity index (χ1v) is 6.65. The maximum absolute atomic E-state index is 2.16. The molecule has 0 saturated heterocycles. The number of fused-ring (bicyclic) bond motifs is 1. The van der Waals surface area contributed by atoms with E-state index in [1.807, 2.05) is 0 Å². The molecular weight excluding hydrogens is 204 g/mol. The summed E-state index contributed by atoms with van der Waals surface area (Å²) in [4.78, 5) is 0. The Bertz CT molecular complexity index is 394. The van der Waals surface area contributed by atoms with E-state index < -0.39 is 0 Å². The largest absolute Gasteiger partial charge is 0.0656 e. The van der Waals surface area contributed by atoms with Crippen molar-refractivity contribution in [3.05, 3.63) is 48.0 Å². The molecule has 0 spiro atoms. The fourth-order valence-electron chi connectivity index (χ4n) is 1.39. The molecule has 0 unspecified atom stereocenters. The van der Waals surface area contributed by atoms with Gasteiger partial charge >= 0.3 is 0 Å². The lowest BCUT2D eigenvalue weighted by Gasteiger charge is -1.98. The summed E-state index contributed by atoms with van der Waals surface area (Å²) >= 11 is 0. The fraction of sp³-hybridized carbons (Fsp3) is 0.412. The lowest BCUT2D eigenvalue weighted by molar-refractivity contribution is 1.09. The van der Waals surface area contributed by atoms with E-state index in [2.05, 4.69) is 77.1 Å². The summed E-state index contributed by atoms with van der Waals surface area (Å²) in [7, 11) is 0. The Kier molecular flexibility index (Phi) is 9.14. The van der Waals surface area contributed by atoms with Crippen LogP contribution in [-0.2, 0) is 0 Å². The van der Waals surface area contributed by atoms with E-state index >= 15 is 0 Å². The van der Waals surface area contributed by atoms with Crippen LogP contribution in [0, 0.1) is 6.92 Å². The highest BCUT2D eigenvalue weighted by atomic mass is 14.0. The van der Waals surface area contributed by atoms with Gasteiger partial charge in [-0.2, -0.15) is 0 Å². The first kappa shape index (κ1) is 15.7. The molecule has 0 heterocycles. The average molecular weight is 230 g/mol. The second-order valence-corrected chi connectivity index (χ2v) is 4.21. The molecule has 0 aliphatic rings. The zero-order valence-corrected chi connectivity index (χ0v) is 12.0. The zero-order chi connectivity index (χ0) is 13.1. The third-order valence-electron chi connectivity index (χ3n) is 2.01. The molecular formula is C17H26. The molecule has 94 valence electrons. The van der Waals surface area contributed by atoms with Gasteiger partial charge in [0.15, 0.2) is 0 Å². The average Bonchev–Trinajstić information content (AvgIpc) is 2.32. The molecule has 0 aliphatic heterocycles. The predicted octanol–water partition coefficient (Wildman–Crippen LogP) is 5.98. The van der Waals surface area contributed by atoms with Crippen molar-refractivity contribution in [3.63, 3.8) is 0 Å². The van der Waals surface area contributed by atoms with Crippen LogP contribution in [0.2, 0.25) is 0 Å². The second kappa shape index (κ2) is 9.89. The van der Waals surface area contributed by atoms with Crippen LogP contribution >= 0.6 is 0 Å². The van der Waals surface area contributed by atoms with Crippen molar-refractivity contribution in [1.82, 2.24) is 0 Å². The Balaban J connectivity index is 0.000000366. The lowest BCUT2D eigenvalue weighted by atomic mass is 10.1. The van der Waals surface area contributed by atoms with E-state index in [0.29, 0.717) is 0 Å². The summed E-state index contributed by atoms with van der Waals surface area (Å²) < 4.78 is 0. The molecule has 0 N–H and O–H groups in total. The van der Waals surface area contributed by atoms with Crippen molar-refractivity contribution in [2.75, 3.05) is 0 Å². The standard InChI is InChI=1S/C11H10.2C3H8/c1-9-5-4-7-10-6-2-3-8-11(9)10;2*1-3-2/h2-8H,1H3;2*3H2,1-2H3. The van der Waals surface area contributed by atoms with E-state index in [1.54, 1.807) is 0 Å². The Labute approximate surface area is 107 Å². The van der Waals surface area contributed by atoms with Crippen LogP contribution in [0.3, 0.4) is 0 Å². The van der Waals surface area contributed by atoms with Gasteiger partial charge in [-0.25, -0.2) is 0 Å². The number of hydrogen-bond donors (Lipinski definition) is 0. The predicted molar refractivity (Wildman–Crippen MR) is 80.6 cm³/mol. The normalized spacial score (nSPS) is 8.76. The van der Waals surface area contributed by atoms with Gasteiger partial charge in [0, 0.05) is 0 Å². The van der Waals surface area contributed by atoms with Crippen molar-refractivity contribution in [3.8, 4) is 0 Å². The summed E-state index contributed by atoms with van der Waals surface area (Å²) in [5.41, 5.74) is 1.35. The molecule has 0 nitrogen and oxygen atoms in total. The lowest BCUT2D eigenvalue weighted by Crippen LogP contribution is -1.75. The third kappa shape index (κ3) is 6.11. The number of benzene rings is 2. The maximum atomic E-state index is 2.16. The molecule has 0 fully saturated rings. The second-order valence-electron chi connectivity index (χ2n) is 4.21. The van der Waals surface area contributed by atoms with Crippen LogP contribution < -0.4 is 0 Å². The quantitative estimate of drug-likeness (QED) is 0.522. The Morgan fingerprint density at radius 1 is 0.706 bits per heavy atom. The van der Waals surface area contributed by atoms with Crippen LogP contribution in [0.15, 0.2) is 42.5 Å². The minimum atomic E-state index is 1.25. The van der Waals surface area contributed by atoms with Gasteiger partial charge in [0.25, 0.3) is 0 Å². The van der Waals surface area contributed by atoms with E-state index in [9.17, 15) is 0 Å². The van der Waals surface area contributed by atoms with Crippen molar-refractivity contribution in [2.45, 2.75) is 47.5 Å². The Morgan fingerprint density at radius 3 is 1.71 bits per heavy atom. The molecule has 0 heteroatoms. The van der Waals surface area contributed by atoms with E-state index in [1.165, 1.54) is 29.2 Å². The smallest absolute Gasteiger partial charge is 0.0155 e. The minimum absolute atomic E-state index is 1.25. The first-order chi connectivity index (χ1) is 8.21. The molecule has 0 atom stereocenters. The molecule has 0 amide bonds. The first-order valence-electron chi connectivity index (χ1n) is 6.65. The Morgan fingerprint density at radius 2 is 1.18 bits per heavy atom. The summed E-state index contributed by atoms with van der Waals surface area (Å²) in [6.45, 7) is 10.6.